The molecule has 0 bridgehead atoms. The number of benzene rings is 2. The monoisotopic (exact) mass is 370 g/mol. The molecule has 0 amide bonds. The van der Waals surface area contributed by atoms with E-state index in [0.717, 1.165) is 11.1 Å². The average Bonchev–Trinajstić information content (AvgIpc) is 3.60. The zero-order valence-electron chi connectivity index (χ0n) is 15.8. The van der Waals surface area contributed by atoms with E-state index in [1.807, 2.05) is 74.5 Å². The van der Waals surface area contributed by atoms with Crippen molar-refractivity contribution in [3.63, 3.8) is 0 Å². The summed E-state index contributed by atoms with van der Waals surface area (Å²) in [7, 11) is 0. The third-order valence-electron chi connectivity index (χ3n) is 4.89. The minimum absolute atomic E-state index is 0.192. The van der Waals surface area contributed by atoms with Gasteiger partial charge in [-0.2, -0.15) is 0 Å². The van der Waals surface area contributed by atoms with E-state index in [1.54, 1.807) is 0 Å². The predicted octanol–water partition coefficient (Wildman–Crippen LogP) is 3.58. The Hall–Kier alpha value is -1.76. The molecule has 2 heterocycles. The Morgan fingerprint density at radius 1 is 0.741 bits per heavy atom. The normalized spacial score (nSPS) is 25.4. The van der Waals surface area contributed by atoms with E-state index < -0.39 is 11.6 Å². The minimum atomic E-state index is -1.06. The van der Waals surface area contributed by atoms with Crippen molar-refractivity contribution < 1.29 is 23.7 Å². The Kier molecular flexibility index (Phi) is 5.30. The lowest BCUT2D eigenvalue weighted by Gasteiger charge is -2.42. The lowest BCUT2D eigenvalue weighted by atomic mass is 9.98. The van der Waals surface area contributed by atoms with E-state index in [0.29, 0.717) is 26.4 Å². The van der Waals surface area contributed by atoms with Gasteiger partial charge in [-0.05, 0) is 13.8 Å². The highest BCUT2D eigenvalue weighted by atomic mass is 16.8. The molecular formula is C22H26O5. The predicted molar refractivity (Wildman–Crippen MR) is 100 cm³/mol. The molecule has 4 rings (SSSR count). The first-order valence-electron chi connectivity index (χ1n) is 9.57. The van der Waals surface area contributed by atoms with Crippen LogP contribution in [0.25, 0.3) is 0 Å². The standard InChI is InChI=1S/C22H26O5/c1-3-25-21(19-15-23-19,17-11-7-5-8-12-17)27-22(26-4-2,20-16-24-20)18-13-9-6-10-14-18/h5-14,19-20H,3-4,15-16H2,1-2H3. The first kappa shape index (κ1) is 18.6. The van der Waals surface area contributed by atoms with Gasteiger partial charge in [0.1, 0.15) is 12.2 Å². The molecule has 2 aromatic carbocycles. The van der Waals surface area contributed by atoms with Gasteiger partial charge in [-0.25, -0.2) is 0 Å². The number of hydrogen-bond donors (Lipinski definition) is 0. The summed E-state index contributed by atoms with van der Waals surface area (Å²) in [6.07, 6.45) is -0.385. The molecule has 2 aliphatic heterocycles. The Labute approximate surface area is 160 Å². The molecule has 0 N–H and O–H groups in total. The molecule has 2 aliphatic rings. The van der Waals surface area contributed by atoms with Gasteiger partial charge in [0.2, 0.25) is 11.6 Å². The highest BCUT2D eigenvalue weighted by molar-refractivity contribution is 5.27. The summed E-state index contributed by atoms with van der Waals surface area (Å²) in [5.74, 6) is -2.13. The molecule has 0 radical (unpaired) electrons. The van der Waals surface area contributed by atoms with Gasteiger partial charge in [-0.3, -0.25) is 0 Å². The summed E-state index contributed by atoms with van der Waals surface area (Å²) < 4.78 is 30.7. The molecule has 0 spiro atoms. The van der Waals surface area contributed by atoms with Crippen molar-refractivity contribution in [2.75, 3.05) is 26.4 Å². The fraction of sp³-hybridized carbons (Fsp3) is 0.455. The second-order valence-corrected chi connectivity index (χ2v) is 6.68. The molecule has 2 fully saturated rings. The van der Waals surface area contributed by atoms with Gasteiger partial charge in [0.05, 0.1) is 13.2 Å². The molecule has 4 unspecified atom stereocenters. The zero-order chi connectivity index (χ0) is 18.7. The first-order valence-corrected chi connectivity index (χ1v) is 9.57. The second-order valence-electron chi connectivity index (χ2n) is 6.68. The maximum atomic E-state index is 6.83. The van der Waals surface area contributed by atoms with E-state index in [2.05, 4.69) is 0 Å². The summed E-state index contributed by atoms with van der Waals surface area (Å²) in [5.41, 5.74) is 1.82. The van der Waals surface area contributed by atoms with Gasteiger partial charge in [0, 0.05) is 24.3 Å². The van der Waals surface area contributed by atoms with Gasteiger partial charge >= 0.3 is 0 Å². The van der Waals surface area contributed by atoms with Crippen LogP contribution in [0.3, 0.4) is 0 Å². The highest BCUT2D eigenvalue weighted by Gasteiger charge is 2.61. The largest absolute Gasteiger partial charge is 0.367 e. The van der Waals surface area contributed by atoms with Gasteiger partial charge in [-0.15, -0.1) is 0 Å². The molecule has 27 heavy (non-hydrogen) atoms. The third-order valence-corrected chi connectivity index (χ3v) is 4.89. The van der Waals surface area contributed by atoms with Crippen molar-refractivity contribution in [1.29, 1.82) is 0 Å². The molecule has 0 aromatic heterocycles. The number of hydrogen-bond acceptors (Lipinski definition) is 5. The maximum Gasteiger partial charge on any atom is 0.227 e. The topological polar surface area (TPSA) is 52.8 Å². The van der Waals surface area contributed by atoms with Crippen LogP contribution in [0.2, 0.25) is 0 Å². The van der Waals surface area contributed by atoms with E-state index in [9.17, 15) is 0 Å². The van der Waals surface area contributed by atoms with E-state index >= 15 is 0 Å². The Balaban J connectivity index is 1.81. The average molecular weight is 370 g/mol. The Morgan fingerprint density at radius 2 is 1.11 bits per heavy atom. The molecule has 4 atom stereocenters. The van der Waals surface area contributed by atoms with Crippen LogP contribution in [0, 0.1) is 0 Å². The van der Waals surface area contributed by atoms with Crippen molar-refractivity contribution in [2.24, 2.45) is 0 Å². The number of ether oxygens (including phenoxy) is 5. The molecule has 2 aromatic rings. The maximum absolute atomic E-state index is 6.83. The van der Waals surface area contributed by atoms with Crippen LogP contribution in [0.5, 0.6) is 0 Å². The Morgan fingerprint density at radius 3 is 1.41 bits per heavy atom. The van der Waals surface area contributed by atoms with Crippen molar-refractivity contribution in [2.45, 2.75) is 37.6 Å². The summed E-state index contributed by atoms with van der Waals surface area (Å²) in [5, 5.41) is 0. The lowest BCUT2D eigenvalue weighted by Crippen LogP contribution is -2.50. The van der Waals surface area contributed by atoms with Crippen molar-refractivity contribution in [1.82, 2.24) is 0 Å². The van der Waals surface area contributed by atoms with Crippen LogP contribution in [-0.4, -0.2) is 38.6 Å². The van der Waals surface area contributed by atoms with Crippen LogP contribution in [-0.2, 0) is 35.3 Å². The van der Waals surface area contributed by atoms with E-state index in [-0.39, 0.29) is 12.2 Å². The van der Waals surface area contributed by atoms with Gasteiger partial charge in [-0.1, -0.05) is 60.7 Å². The van der Waals surface area contributed by atoms with Crippen molar-refractivity contribution in [3.05, 3.63) is 71.8 Å². The fourth-order valence-corrected chi connectivity index (χ4v) is 3.56. The van der Waals surface area contributed by atoms with Crippen LogP contribution >= 0.6 is 0 Å². The third kappa shape index (κ3) is 3.53. The highest BCUT2D eigenvalue weighted by Crippen LogP contribution is 2.49. The van der Waals surface area contributed by atoms with Crippen LogP contribution in [0.1, 0.15) is 25.0 Å². The minimum Gasteiger partial charge on any atom is -0.367 e. The molecule has 0 aliphatic carbocycles. The summed E-state index contributed by atoms with van der Waals surface area (Å²) in [6, 6.07) is 19.9. The molecule has 144 valence electrons. The quantitative estimate of drug-likeness (QED) is 0.473. The SMILES string of the molecule is CCOC(OC(OCC)(c1ccccc1)C1CO1)(c1ccccc1)C1CO1. The van der Waals surface area contributed by atoms with Gasteiger partial charge < -0.3 is 23.7 Å². The van der Waals surface area contributed by atoms with Gasteiger partial charge in [0.25, 0.3) is 0 Å². The summed E-state index contributed by atoms with van der Waals surface area (Å²) in [6.45, 7) is 6.05. The summed E-state index contributed by atoms with van der Waals surface area (Å²) >= 11 is 0. The van der Waals surface area contributed by atoms with Crippen molar-refractivity contribution in [3.8, 4) is 0 Å². The molecule has 5 nitrogen and oxygen atoms in total. The summed E-state index contributed by atoms with van der Waals surface area (Å²) in [4.78, 5) is 0. The van der Waals surface area contributed by atoms with Crippen LogP contribution in [0.4, 0.5) is 0 Å². The first-order chi connectivity index (χ1) is 13.2. The van der Waals surface area contributed by atoms with Crippen LogP contribution < -0.4 is 0 Å². The van der Waals surface area contributed by atoms with Gasteiger partial charge in [0.15, 0.2) is 0 Å². The fourth-order valence-electron chi connectivity index (χ4n) is 3.56. The molecular weight excluding hydrogens is 344 g/mol. The number of epoxide rings is 2. The second kappa shape index (κ2) is 7.70. The molecule has 5 heteroatoms. The molecule has 2 saturated heterocycles. The van der Waals surface area contributed by atoms with E-state index in [1.165, 1.54) is 0 Å². The van der Waals surface area contributed by atoms with E-state index in [4.69, 9.17) is 23.7 Å². The lowest BCUT2D eigenvalue weighted by molar-refractivity contribution is -0.384. The molecule has 0 saturated carbocycles. The zero-order valence-corrected chi connectivity index (χ0v) is 15.8. The van der Waals surface area contributed by atoms with Crippen LogP contribution in [0.15, 0.2) is 60.7 Å². The van der Waals surface area contributed by atoms with Crippen molar-refractivity contribution >= 4 is 0 Å². The smallest absolute Gasteiger partial charge is 0.227 e. The number of rotatable bonds is 10. The Bertz CT molecular complexity index is 665.